The molecule has 2 aliphatic heterocycles. The molecule has 8 nitrogen and oxygen atoms in total. The Balaban J connectivity index is 1.65. The van der Waals surface area contributed by atoms with Crippen LogP contribution in [0.4, 0.5) is 0 Å². The number of halogens is 1. The number of benzene rings is 1. The van der Waals surface area contributed by atoms with Gasteiger partial charge in [-0.3, -0.25) is 9.59 Å². The molecule has 0 bridgehead atoms. The van der Waals surface area contributed by atoms with Crippen LogP contribution in [0.1, 0.15) is 52.7 Å². The zero-order valence-electron chi connectivity index (χ0n) is 23.9. The molecule has 5 atom stereocenters. The topological polar surface area (TPSA) is 105 Å². The number of rotatable bonds is 10. The quantitative estimate of drug-likeness (QED) is 0.260. The number of ether oxygens (including phenoxy) is 4. The summed E-state index contributed by atoms with van der Waals surface area (Å²) in [6, 6.07) is 8.81. The third kappa shape index (κ3) is 5.59. The maximum absolute atomic E-state index is 13.8. The van der Waals surface area contributed by atoms with Crippen LogP contribution < -0.4 is 0 Å². The molecule has 2 heterocycles. The Bertz CT molecular complexity index is 1430. The molecule has 216 valence electrons. The first kappa shape index (κ1) is 30.2. The van der Waals surface area contributed by atoms with Crippen molar-refractivity contribution in [3.8, 4) is 0 Å². The number of fused-ring (bicyclic) bond motifs is 3. The maximum atomic E-state index is 13.8. The summed E-state index contributed by atoms with van der Waals surface area (Å²) in [6.07, 6.45) is 5.75. The fourth-order valence-corrected chi connectivity index (χ4v) is 5.16. The normalized spacial score (nSPS) is 23.1. The number of ketones is 2. The number of esters is 2. The summed E-state index contributed by atoms with van der Waals surface area (Å²) < 4.78 is 22.2. The molecule has 0 aromatic heterocycles. The third-order valence-corrected chi connectivity index (χ3v) is 8.08. The number of allylic oxidation sites excluding steroid dienone is 4. The van der Waals surface area contributed by atoms with Crippen LogP contribution in [0, 0.1) is 11.8 Å². The summed E-state index contributed by atoms with van der Waals surface area (Å²) in [5.41, 5.74) is -0.773. The molecule has 0 spiro atoms. The van der Waals surface area contributed by atoms with Crippen LogP contribution in [0.2, 0.25) is 0 Å². The van der Waals surface area contributed by atoms with E-state index in [9.17, 15) is 19.2 Å². The van der Waals surface area contributed by atoms with E-state index in [-0.39, 0.29) is 16.2 Å². The van der Waals surface area contributed by atoms with Crippen LogP contribution in [0.15, 0.2) is 87.9 Å². The second-order valence-corrected chi connectivity index (χ2v) is 10.9. The molecule has 0 saturated heterocycles. The van der Waals surface area contributed by atoms with Gasteiger partial charge in [0.1, 0.15) is 17.4 Å². The van der Waals surface area contributed by atoms with Gasteiger partial charge in [-0.25, -0.2) is 9.59 Å². The third-order valence-electron chi connectivity index (χ3n) is 7.71. The van der Waals surface area contributed by atoms with Crippen molar-refractivity contribution in [1.82, 2.24) is 0 Å². The Morgan fingerprint density at radius 1 is 1.12 bits per heavy atom. The highest BCUT2D eigenvalue weighted by Crippen LogP contribution is 2.50. The Morgan fingerprint density at radius 3 is 2.44 bits per heavy atom. The highest BCUT2D eigenvalue weighted by molar-refractivity contribution is 6.46. The van der Waals surface area contributed by atoms with Crippen molar-refractivity contribution in [2.24, 2.45) is 11.8 Å². The van der Waals surface area contributed by atoms with E-state index in [4.69, 9.17) is 30.5 Å². The van der Waals surface area contributed by atoms with Crippen LogP contribution in [0.5, 0.6) is 0 Å². The molecule has 0 N–H and O–H groups in total. The first-order valence-electron chi connectivity index (χ1n) is 13.5. The summed E-state index contributed by atoms with van der Waals surface area (Å²) >= 11 is 6.49. The van der Waals surface area contributed by atoms with E-state index in [1.165, 1.54) is 20.3 Å². The van der Waals surface area contributed by atoms with E-state index in [1.54, 1.807) is 50.3 Å². The van der Waals surface area contributed by atoms with Crippen LogP contribution in [0.3, 0.4) is 0 Å². The maximum Gasteiger partial charge on any atom is 0.343 e. The number of hydrogen-bond donors (Lipinski definition) is 0. The summed E-state index contributed by atoms with van der Waals surface area (Å²) in [4.78, 5) is 53.2. The highest BCUT2D eigenvalue weighted by Gasteiger charge is 2.57. The SMILES string of the molecule is CC[C@H](C)/C=C/C1=CC2=C(Cl)C(=O)[C@]3(C)OC(=O)C(C(=O)[C@@H](C)[C@H](C)OC(=O)[C@@H](OC)c4ccccc4)=C3C2=CO1. The largest absolute Gasteiger partial charge is 0.464 e. The lowest BCUT2D eigenvalue weighted by Crippen LogP contribution is -2.42. The van der Waals surface area contributed by atoms with Crippen LogP contribution in [0.25, 0.3) is 0 Å². The molecule has 41 heavy (non-hydrogen) atoms. The van der Waals surface area contributed by atoms with Gasteiger partial charge >= 0.3 is 11.9 Å². The molecule has 9 heteroatoms. The minimum absolute atomic E-state index is 0.0857. The Hall–Kier alpha value is -3.75. The first-order chi connectivity index (χ1) is 19.4. The van der Waals surface area contributed by atoms with Crippen molar-refractivity contribution >= 4 is 35.1 Å². The van der Waals surface area contributed by atoms with Crippen molar-refractivity contribution < 1.29 is 38.1 Å². The Morgan fingerprint density at radius 2 is 1.80 bits per heavy atom. The first-order valence-corrected chi connectivity index (χ1v) is 13.8. The highest BCUT2D eigenvalue weighted by atomic mass is 35.5. The monoisotopic (exact) mass is 580 g/mol. The van der Waals surface area contributed by atoms with Gasteiger partial charge in [0.2, 0.25) is 5.78 Å². The van der Waals surface area contributed by atoms with Crippen molar-refractivity contribution in [2.75, 3.05) is 7.11 Å². The summed E-state index contributed by atoms with van der Waals surface area (Å²) in [5, 5.41) is -0.122. The zero-order valence-corrected chi connectivity index (χ0v) is 24.6. The van der Waals surface area contributed by atoms with Crippen molar-refractivity contribution in [3.05, 3.63) is 93.5 Å². The van der Waals surface area contributed by atoms with Crippen molar-refractivity contribution in [1.29, 1.82) is 0 Å². The molecule has 0 fully saturated rings. The predicted octanol–water partition coefficient (Wildman–Crippen LogP) is 5.60. The van der Waals surface area contributed by atoms with Gasteiger partial charge in [-0.2, -0.15) is 0 Å². The molecular weight excluding hydrogens is 548 g/mol. The molecule has 0 saturated carbocycles. The van der Waals surface area contributed by atoms with Gasteiger partial charge in [-0.15, -0.1) is 0 Å². The van der Waals surface area contributed by atoms with Gasteiger partial charge in [-0.05, 0) is 37.5 Å². The summed E-state index contributed by atoms with van der Waals surface area (Å²) in [5.74, 6) is -3.11. The predicted molar refractivity (Wildman–Crippen MR) is 151 cm³/mol. The van der Waals surface area contributed by atoms with Gasteiger partial charge in [0, 0.05) is 23.8 Å². The zero-order chi connectivity index (χ0) is 30.1. The smallest absolute Gasteiger partial charge is 0.343 e. The fraction of sp³-hybridized carbons (Fsp3) is 0.375. The van der Waals surface area contributed by atoms with Crippen molar-refractivity contribution in [2.45, 2.75) is 58.8 Å². The van der Waals surface area contributed by atoms with E-state index < -0.39 is 47.2 Å². The molecule has 1 aromatic carbocycles. The second-order valence-electron chi connectivity index (χ2n) is 10.5. The van der Waals surface area contributed by atoms with Gasteiger partial charge < -0.3 is 18.9 Å². The molecule has 0 unspecified atom stereocenters. The summed E-state index contributed by atoms with van der Waals surface area (Å²) in [6.45, 7) is 8.62. The van der Waals surface area contributed by atoms with E-state index in [1.807, 2.05) is 12.1 Å². The van der Waals surface area contributed by atoms with E-state index in [2.05, 4.69) is 13.8 Å². The standard InChI is InChI=1S/C32H33ClO8/c1-7-17(2)13-14-21-15-22-23(16-39-21)25-24(30(36)41-32(25,5)29(35)26(22)33)27(34)18(3)19(4)40-31(37)28(38-6)20-11-9-8-10-12-20/h8-19,28H,7H2,1-6H3/b14-13+/t17-,18-,19-,28-,32+/m0/s1. The minimum atomic E-state index is -1.80. The molecular formula is C32H33ClO8. The molecule has 1 aliphatic carbocycles. The number of carbonyl (C=O) groups excluding carboxylic acids is 4. The number of carbonyl (C=O) groups is 4. The van der Waals surface area contributed by atoms with Gasteiger partial charge in [0.05, 0.1) is 17.2 Å². The molecule has 1 aromatic rings. The summed E-state index contributed by atoms with van der Waals surface area (Å²) in [7, 11) is 1.39. The lowest BCUT2D eigenvalue weighted by molar-refractivity contribution is -0.163. The van der Waals surface area contributed by atoms with Gasteiger partial charge in [-0.1, -0.05) is 75.2 Å². The average Bonchev–Trinajstić information content (AvgIpc) is 3.25. The number of Topliss-reactive ketones (excluding diaryl/α,β-unsaturated/α-hetero) is 2. The van der Waals surface area contributed by atoms with Gasteiger partial charge in [0.25, 0.3) is 0 Å². The lowest BCUT2D eigenvalue weighted by Gasteiger charge is -2.33. The number of methoxy groups -OCH3 is 1. The minimum Gasteiger partial charge on any atom is -0.464 e. The lowest BCUT2D eigenvalue weighted by atomic mass is 9.74. The molecule has 4 rings (SSSR count). The van der Waals surface area contributed by atoms with Crippen LogP contribution >= 0.6 is 11.6 Å². The van der Waals surface area contributed by atoms with Gasteiger partial charge in [0.15, 0.2) is 17.5 Å². The van der Waals surface area contributed by atoms with Crippen LogP contribution in [-0.4, -0.2) is 42.3 Å². The van der Waals surface area contributed by atoms with E-state index in [0.29, 0.717) is 28.4 Å². The van der Waals surface area contributed by atoms with E-state index in [0.717, 1.165) is 6.42 Å². The molecule has 0 radical (unpaired) electrons. The van der Waals surface area contributed by atoms with Crippen LogP contribution in [-0.2, 0) is 38.1 Å². The number of hydrogen-bond acceptors (Lipinski definition) is 8. The Labute approximate surface area is 244 Å². The fourth-order valence-electron chi connectivity index (χ4n) is 4.82. The molecule has 0 amide bonds. The average molecular weight is 581 g/mol. The Kier molecular flexibility index (Phi) is 8.85. The van der Waals surface area contributed by atoms with Crippen molar-refractivity contribution in [3.63, 3.8) is 0 Å². The molecule has 3 aliphatic rings. The van der Waals surface area contributed by atoms with E-state index >= 15 is 0 Å². The second kappa shape index (κ2) is 12.0.